The van der Waals surface area contributed by atoms with Gasteiger partial charge in [-0.3, -0.25) is 15.0 Å². The summed E-state index contributed by atoms with van der Waals surface area (Å²) in [6.45, 7) is 0. The van der Waals surface area contributed by atoms with Crippen LogP contribution < -0.4 is 0 Å². The second-order valence-electron chi connectivity index (χ2n) is 11.3. The van der Waals surface area contributed by atoms with Crippen LogP contribution in [0.15, 0.2) is 152 Å². The van der Waals surface area contributed by atoms with Gasteiger partial charge in [-0.05, 0) is 90.8 Å². The number of pyridine rings is 3. The Kier molecular flexibility index (Phi) is 5.50. The Hall–Kier alpha value is -5.93. The van der Waals surface area contributed by atoms with Gasteiger partial charge in [0, 0.05) is 46.7 Å². The molecule has 3 aromatic heterocycles. The first-order chi connectivity index (χ1) is 21.8. The minimum Gasteiger partial charge on any atom is -0.265 e. The maximum Gasteiger partial charge on any atom is 0.0787 e. The van der Waals surface area contributed by atoms with Crippen LogP contribution in [0.2, 0.25) is 0 Å². The van der Waals surface area contributed by atoms with E-state index in [-0.39, 0.29) is 0 Å². The zero-order valence-corrected chi connectivity index (χ0v) is 23.8. The smallest absolute Gasteiger partial charge is 0.0787 e. The SMILES string of the molecule is c1ccc2cc(-c3cc4c5ccccc5c5ncc(-c6ccc(-c7ccncc7)cn6)cc5c4c4ccccc34)ccc2c1. The molecule has 0 amide bonds. The first-order valence-corrected chi connectivity index (χ1v) is 14.8. The fourth-order valence-electron chi connectivity index (χ4n) is 6.69. The van der Waals surface area contributed by atoms with Crippen LogP contribution in [0.4, 0.5) is 0 Å². The molecule has 0 N–H and O–H groups in total. The van der Waals surface area contributed by atoms with Gasteiger partial charge < -0.3 is 0 Å². The van der Waals surface area contributed by atoms with Crippen molar-refractivity contribution in [3.8, 4) is 33.5 Å². The molecule has 3 heteroatoms. The molecule has 0 saturated carbocycles. The molecular formula is C41H25N3. The van der Waals surface area contributed by atoms with Crippen LogP contribution in [-0.2, 0) is 0 Å². The summed E-state index contributed by atoms with van der Waals surface area (Å²) in [6, 6.07) is 45.6. The van der Waals surface area contributed by atoms with E-state index >= 15 is 0 Å². The highest BCUT2D eigenvalue weighted by atomic mass is 14.7. The molecule has 0 saturated heterocycles. The van der Waals surface area contributed by atoms with Gasteiger partial charge in [-0.2, -0.15) is 0 Å². The predicted octanol–water partition coefficient (Wildman–Crippen LogP) is 10.6. The molecular weight excluding hydrogens is 534 g/mol. The van der Waals surface area contributed by atoms with Crippen molar-refractivity contribution in [1.82, 2.24) is 15.0 Å². The van der Waals surface area contributed by atoms with E-state index in [9.17, 15) is 0 Å². The number of rotatable bonds is 3. The van der Waals surface area contributed by atoms with E-state index in [0.717, 1.165) is 38.7 Å². The van der Waals surface area contributed by atoms with Crippen molar-refractivity contribution in [2.75, 3.05) is 0 Å². The van der Waals surface area contributed by atoms with Gasteiger partial charge >= 0.3 is 0 Å². The minimum atomic E-state index is 0.899. The lowest BCUT2D eigenvalue weighted by Gasteiger charge is -2.16. The molecule has 204 valence electrons. The predicted molar refractivity (Wildman–Crippen MR) is 184 cm³/mol. The molecule has 0 atom stereocenters. The van der Waals surface area contributed by atoms with E-state index in [4.69, 9.17) is 9.97 Å². The lowest BCUT2D eigenvalue weighted by molar-refractivity contribution is 1.29. The number of fused-ring (bicyclic) bond motifs is 9. The summed E-state index contributed by atoms with van der Waals surface area (Å²) in [5, 5.41) is 10.9. The van der Waals surface area contributed by atoms with Crippen LogP contribution in [0.25, 0.3) is 87.5 Å². The third-order valence-corrected chi connectivity index (χ3v) is 8.81. The Morgan fingerprint density at radius 2 is 1.09 bits per heavy atom. The molecule has 3 nitrogen and oxygen atoms in total. The topological polar surface area (TPSA) is 38.7 Å². The molecule has 0 aliphatic rings. The maximum absolute atomic E-state index is 5.09. The summed E-state index contributed by atoms with van der Waals surface area (Å²) in [5.74, 6) is 0. The van der Waals surface area contributed by atoms with Gasteiger partial charge in [-0.15, -0.1) is 0 Å². The highest BCUT2D eigenvalue weighted by Gasteiger charge is 2.17. The van der Waals surface area contributed by atoms with E-state index in [1.54, 1.807) is 0 Å². The van der Waals surface area contributed by atoms with Crippen LogP contribution >= 0.6 is 0 Å². The average Bonchev–Trinajstić information content (AvgIpc) is 3.11. The summed E-state index contributed by atoms with van der Waals surface area (Å²) in [7, 11) is 0. The average molecular weight is 560 g/mol. The molecule has 3 heterocycles. The number of hydrogen-bond donors (Lipinski definition) is 0. The van der Waals surface area contributed by atoms with E-state index in [2.05, 4.69) is 120 Å². The Labute approximate surface area is 254 Å². The Bertz CT molecular complexity index is 2540. The van der Waals surface area contributed by atoms with Crippen LogP contribution in [0, 0.1) is 0 Å². The third-order valence-electron chi connectivity index (χ3n) is 8.81. The lowest BCUT2D eigenvalue weighted by atomic mass is 9.88. The number of aromatic nitrogens is 3. The molecule has 0 radical (unpaired) electrons. The zero-order chi connectivity index (χ0) is 29.0. The van der Waals surface area contributed by atoms with Crippen molar-refractivity contribution in [1.29, 1.82) is 0 Å². The number of hydrogen-bond acceptors (Lipinski definition) is 3. The number of nitrogens with zero attached hydrogens (tertiary/aromatic N) is 3. The maximum atomic E-state index is 5.09. The largest absolute Gasteiger partial charge is 0.265 e. The summed E-state index contributed by atoms with van der Waals surface area (Å²) in [6.07, 6.45) is 7.50. The first kappa shape index (κ1) is 24.6. The Balaban J connectivity index is 1.33. The summed E-state index contributed by atoms with van der Waals surface area (Å²) >= 11 is 0. The minimum absolute atomic E-state index is 0.899. The van der Waals surface area contributed by atoms with Gasteiger partial charge in [-0.25, -0.2) is 0 Å². The molecule has 9 aromatic rings. The first-order valence-electron chi connectivity index (χ1n) is 14.8. The highest BCUT2D eigenvalue weighted by molar-refractivity contribution is 6.32. The van der Waals surface area contributed by atoms with E-state index in [0.29, 0.717) is 0 Å². The van der Waals surface area contributed by atoms with Crippen LogP contribution in [0.1, 0.15) is 0 Å². The summed E-state index contributed by atoms with van der Waals surface area (Å²) < 4.78 is 0. The van der Waals surface area contributed by atoms with Crippen LogP contribution in [0.3, 0.4) is 0 Å². The van der Waals surface area contributed by atoms with E-state index in [1.807, 2.05) is 36.9 Å². The van der Waals surface area contributed by atoms with Crippen molar-refractivity contribution in [2.45, 2.75) is 0 Å². The molecule has 0 bridgehead atoms. The van der Waals surface area contributed by atoms with Gasteiger partial charge in [0.25, 0.3) is 0 Å². The Morgan fingerprint density at radius 1 is 0.386 bits per heavy atom. The third kappa shape index (κ3) is 3.87. The zero-order valence-electron chi connectivity index (χ0n) is 23.8. The van der Waals surface area contributed by atoms with E-state index < -0.39 is 0 Å². The fraction of sp³-hybridized carbons (Fsp3) is 0. The molecule has 0 aliphatic heterocycles. The molecule has 0 unspecified atom stereocenters. The quantitative estimate of drug-likeness (QED) is 0.202. The van der Waals surface area contributed by atoms with E-state index in [1.165, 1.54) is 48.8 Å². The van der Waals surface area contributed by atoms with Crippen molar-refractivity contribution >= 4 is 54.0 Å². The lowest BCUT2D eigenvalue weighted by Crippen LogP contribution is -1.92. The van der Waals surface area contributed by atoms with Crippen molar-refractivity contribution in [3.05, 3.63) is 152 Å². The summed E-state index contributed by atoms with van der Waals surface area (Å²) in [5.41, 5.74) is 7.52. The van der Waals surface area contributed by atoms with Gasteiger partial charge in [-0.1, -0.05) is 91.0 Å². The Morgan fingerprint density at radius 3 is 1.91 bits per heavy atom. The van der Waals surface area contributed by atoms with Crippen molar-refractivity contribution < 1.29 is 0 Å². The summed E-state index contributed by atoms with van der Waals surface area (Å²) in [4.78, 5) is 14.1. The fourth-order valence-corrected chi connectivity index (χ4v) is 6.69. The van der Waals surface area contributed by atoms with Gasteiger partial charge in [0.05, 0.1) is 11.2 Å². The van der Waals surface area contributed by atoms with Crippen LogP contribution in [0.5, 0.6) is 0 Å². The molecule has 0 spiro atoms. The van der Waals surface area contributed by atoms with Crippen molar-refractivity contribution in [3.63, 3.8) is 0 Å². The normalized spacial score (nSPS) is 11.6. The highest BCUT2D eigenvalue weighted by Crippen LogP contribution is 2.43. The molecule has 44 heavy (non-hydrogen) atoms. The van der Waals surface area contributed by atoms with Gasteiger partial charge in [0.15, 0.2) is 0 Å². The number of benzene rings is 6. The molecule has 0 fully saturated rings. The van der Waals surface area contributed by atoms with Gasteiger partial charge in [0.1, 0.15) is 0 Å². The second kappa shape index (κ2) is 9.82. The van der Waals surface area contributed by atoms with Crippen LogP contribution in [-0.4, -0.2) is 15.0 Å². The van der Waals surface area contributed by atoms with Gasteiger partial charge in [0.2, 0.25) is 0 Å². The van der Waals surface area contributed by atoms with Crippen molar-refractivity contribution in [2.24, 2.45) is 0 Å². The standard InChI is InChI=1S/C41H25N3/c1-2-8-28-21-29(14-13-26(28)7-1)36-23-37-33-10-4-6-12-35(33)41-38(40(37)34-11-5-3-9-32(34)36)22-31(25-44-41)39-16-15-30(24-43-39)27-17-19-42-20-18-27/h1-25H. The molecule has 0 aliphatic carbocycles. The molecule has 9 rings (SSSR count). The monoisotopic (exact) mass is 559 g/mol. The second-order valence-corrected chi connectivity index (χ2v) is 11.3. The molecule has 6 aromatic carbocycles.